The minimum atomic E-state index is -0.0196. The summed E-state index contributed by atoms with van der Waals surface area (Å²) >= 11 is 6.15. The number of halogens is 1. The lowest BCUT2D eigenvalue weighted by Gasteiger charge is -2.30. The van der Waals surface area contributed by atoms with Crippen LogP contribution in [0.3, 0.4) is 0 Å². The van der Waals surface area contributed by atoms with Gasteiger partial charge >= 0.3 is 0 Å². The molecule has 162 valence electrons. The average Bonchev–Trinajstić information content (AvgIpc) is 3.25. The van der Waals surface area contributed by atoms with Crippen molar-refractivity contribution in [3.63, 3.8) is 0 Å². The van der Waals surface area contributed by atoms with E-state index >= 15 is 0 Å². The molecule has 7 nitrogen and oxygen atoms in total. The molecule has 1 aliphatic rings. The van der Waals surface area contributed by atoms with E-state index in [4.69, 9.17) is 20.9 Å². The topological polar surface area (TPSA) is 80.5 Å². The van der Waals surface area contributed by atoms with E-state index in [9.17, 15) is 4.79 Å². The second kappa shape index (κ2) is 9.49. The molecule has 1 aromatic heterocycles. The minimum absolute atomic E-state index is 0.0196. The number of carbonyl (C=O) groups is 1. The van der Waals surface area contributed by atoms with Crippen LogP contribution in [-0.2, 0) is 11.3 Å². The van der Waals surface area contributed by atoms with Gasteiger partial charge in [0, 0.05) is 22.2 Å². The van der Waals surface area contributed by atoms with E-state index < -0.39 is 0 Å². The molecule has 1 amide bonds. The maximum absolute atomic E-state index is 12.6. The fraction of sp³-hybridized carbons (Fsp3) is 0.348. The molecule has 1 N–H and O–H groups in total. The van der Waals surface area contributed by atoms with Gasteiger partial charge in [0.25, 0.3) is 0 Å². The molecule has 0 unspecified atom stereocenters. The Kier molecular flexibility index (Phi) is 6.53. The highest BCUT2D eigenvalue weighted by molar-refractivity contribution is 6.31. The zero-order chi connectivity index (χ0) is 21.8. The number of nitrogens with zero attached hydrogens (tertiary/aromatic N) is 3. The third-order valence-electron chi connectivity index (χ3n) is 5.57. The van der Waals surface area contributed by atoms with Crippen LogP contribution in [0, 0.1) is 12.8 Å². The van der Waals surface area contributed by atoms with Gasteiger partial charge in [0.1, 0.15) is 5.75 Å². The molecule has 0 radical (unpaired) electrons. The molecule has 8 heteroatoms. The first-order chi connectivity index (χ1) is 15.0. The molecule has 1 aliphatic heterocycles. The van der Waals surface area contributed by atoms with Crippen molar-refractivity contribution in [2.24, 2.45) is 5.92 Å². The Morgan fingerprint density at radius 2 is 1.97 bits per heavy atom. The fourth-order valence-electron chi connectivity index (χ4n) is 3.64. The van der Waals surface area contributed by atoms with Crippen LogP contribution in [0.5, 0.6) is 5.75 Å². The number of aryl methyl sites for hydroxylation is 1. The molecule has 0 spiro atoms. The van der Waals surface area contributed by atoms with Crippen molar-refractivity contribution >= 4 is 23.2 Å². The van der Waals surface area contributed by atoms with Gasteiger partial charge in [0.15, 0.2) is 0 Å². The Morgan fingerprint density at radius 1 is 1.23 bits per heavy atom. The van der Waals surface area contributed by atoms with Gasteiger partial charge in [-0.05, 0) is 74.8 Å². The Morgan fingerprint density at radius 3 is 2.65 bits per heavy atom. The first-order valence-electron chi connectivity index (χ1n) is 10.3. The van der Waals surface area contributed by atoms with Crippen molar-refractivity contribution in [1.82, 2.24) is 15.0 Å². The van der Waals surface area contributed by atoms with Crippen LogP contribution < -0.4 is 10.1 Å². The van der Waals surface area contributed by atoms with Gasteiger partial charge in [-0.2, -0.15) is 4.98 Å². The van der Waals surface area contributed by atoms with Crippen LogP contribution in [0.4, 0.5) is 5.69 Å². The van der Waals surface area contributed by atoms with E-state index in [1.807, 2.05) is 43.3 Å². The zero-order valence-electron chi connectivity index (χ0n) is 17.6. The van der Waals surface area contributed by atoms with Crippen molar-refractivity contribution in [3.05, 3.63) is 58.9 Å². The van der Waals surface area contributed by atoms with E-state index in [0.717, 1.165) is 48.5 Å². The summed E-state index contributed by atoms with van der Waals surface area (Å²) in [5.41, 5.74) is 2.60. The lowest BCUT2D eigenvalue weighted by atomic mass is 9.96. The molecule has 4 rings (SSSR count). The number of anilines is 1. The number of piperidine rings is 1. The largest absolute Gasteiger partial charge is 0.497 e. The van der Waals surface area contributed by atoms with Gasteiger partial charge in [-0.25, -0.2) is 0 Å². The molecule has 0 aliphatic carbocycles. The molecule has 31 heavy (non-hydrogen) atoms. The summed E-state index contributed by atoms with van der Waals surface area (Å²) in [6, 6.07) is 13.1. The van der Waals surface area contributed by atoms with Crippen molar-refractivity contribution < 1.29 is 14.1 Å². The molecule has 1 saturated heterocycles. The number of amides is 1. The van der Waals surface area contributed by atoms with E-state index in [0.29, 0.717) is 23.3 Å². The van der Waals surface area contributed by atoms with Crippen LogP contribution in [0.1, 0.15) is 24.3 Å². The number of methoxy groups -OCH3 is 1. The predicted octanol–water partition coefficient (Wildman–Crippen LogP) is 4.56. The summed E-state index contributed by atoms with van der Waals surface area (Å²) in [7, 11) is 1.63. The third kappa shape index (κ3) is 5.24. The van der Waals surface area contributed by atoms with Gasteiger partial charge < -0.3 is 14.6 Å². The maximum Gasteiger partial charge on any atom is 0.241 e. The molecule has 2 aromatic carbocycles. The van der Waals surface area contributed by atoms with Crippen LogP contribution in [0.25, 0.3) is 11.4 Å². The van der Waals surface area contributed by atoms with Gasteiger partial charge in [-0.1, -0.05) is 22.8 Å². The molecule has 0 atom stereocenters. The molecule has 2 heterocycles. The lowest BCUT2D eigenvalue weighted by Crippen LogP contribution is -2.37. The van der Waals surface area contributed by atoms with Gasteiger partial charge in [-0.3, -0.25) is 9.69 Å². The number of benzene rings is 2. The molecule has 0 saturated carbocycles. The smallest absolute Gasteiger partial charge is 0.241 e. The highest BCUT2D eigenvalue weighted by Crippen LogP contribution is 2.24. The standard InChI is InChI=1S/C23H25ClN4O3/c1-15-3-6-18(13-20(15)24)25-23(29)17-9-11-28(12-10-17)14-21-26-22(27-31-21)16-4-7-19(30-2)8-5-16/h3-8,13,17H,9-12,14H2,1-2H3,(H,25,29). The van der Waals surface area contributed by atoms with Gasteiger partial charge in [0.2, 0.25) is 17.6 Å². The van der Waals surface area contributed by atoms with Crippen LogP contribution in [0.2, 0.25) is 5.02 Å². The Hall–Kier alpha value is -2.90. The third-order valence-corrected chi connectivity index (χ3v) is 5.98. The first-order valence-corrected chi connectivity index (χ1v) is 10.7. The number of ether oxygens (including phenoxy) is 1. The van der Waals surface area contributed by atoms with E-state index in [2.05, 4.69) is 20.4 Å². The lowest BCUT2D eigenvalue weighted by molar-refractivity contribution is -0.121. The van der Waals surface area contributed by atoms with Gasteiger partial charge in [-0.15, -0.1) is 0 Å². The Balaban J connectivity index is 1.28. The number of carbonyl (C=O) groups excluding carboxylic acids is 1. The number of rotatable bonds is 6. The van der Waals surface area contributed by atoms with Crippen molar-refractivity contribution in [1.29, 1.82) is 0 Å². The van der Waals surface area contributed by atoms with E-state index in [1.54, 1.807) is 13.2 Å². The second-order valence-corrected chi connectivity index (χ2v) is 8.15. The Bertz CT molecular complexity index is 1040. The van der Waals surface area contributed by atoms with Gasteiger partial charge in [0.05, 0.1) is 13.7 Å². The molecule has 0 bridgehead atoms. The van der Waals surface area contributed by atoms with Crippen molar-refractivity contribution in [3.8, 4) is 17.1 Å². The number of likely N-dealkylation sites (tertiary alicyclic amines) is 1. The minimum Gasteiger partial charge on any atom is -0.497 e. The van der Waals surface area contributed by atoms with Crippen molar-refractivity contribution in [2.75, 3.05) is 25.5 Å². The highest BCUT2D eigenvalue weighted by atomic mass is 35.5. The van der Waals surface area contributed by atoms with E-state index in [1.165, 1.54) is 0 Å². The Labute approximate surface area is 186 Å². The van der Waals surface area contributed by atoms with Crippen LogP contribution >= 0.6 is 11.6 Å². The molecule has 3 aromatic rings. The number of nitrogens with one attached hydrogen (secondary N) is 1. The highest BCUT2D eigenvalue weighted by Gasteiger charge is 2.26. The summed E-state index contributed by atoms with van der Waals surface area (Å²) in [6.07, 6.45) is 1.57. The molecular formula is C23H25ClN4O3. The maximum atomic E-state index is 12.6. The summed E-state index contributed by atoms with van der Waals surface area (Å²) in [5.74, 6) is 1.93. The van der Waals surface area contributed by atoms with Crippen LogP contribution in [0.15, 0.2) is 47.0 Å². The summed E-state index contributed by atoms with van der Waals surface area (Å²) in [6.45, 7) is 4.11. The molecular weight excluding hydrogens is 416 g/mol. The van der Waals surface area contributed by atoms with Crippen molar-refractivity contribution in [2.45, 2.75) is 26.3 Å². The number of hydrogen-bond acceptors (Lipinski definition) is 6. The first kappa shape index (κ1) is 21.3. The second-order valence-electron chi connectivity index (χ2n) is 7.74. The molecule has 1 fully saturated rings. The zero-order valence-corrected chi connectivity index (χ0v) is 18.4. The normalized spacial score (nSPS) is 15.1. The quantitative estimate of drug-likeness (QED) is 0.605. The predicted molar refractivity (Wildman–Crippen MR) is 119 cm³/mol. The summed E-state index contributed by atoms with van der Waals surface area (Å²) in [4.78, 5) is 19.3. The number of aromatic nitrogens is 2. The fourth-order valence-corrected chi connectivity index (χ4v) is 3.82. The summed E-state index contributed by atoms with van der Waals surface area (Å²) in [5, 5.41) is 7.72. The SMILES string of the molecule is COc1ccc(-c2noc(CN3CCC(C(=O)Nc4ccc(C)c(Cl)c4)CC3)n2)cc1. The monoisotopic (exact) mass is 440 g/mol. The number of hydrogen-bond donors (Lipinski definition) is 1. The summed E-state index contributed by atoms with van der Waals surface area (Å²) < 4.78 is 10.6. The average molecular weight is 441 g/mol. The van der Waals surface area contributed by atoms with E-state index in [-0.39, 0.29) is 11.8 Å². The van der Waals surface area contributed by atoms with Crippen LogP contribution in [-0.4, -0.2) is 41.1 Å².